The second kappa shape index (κ2) is 5.47. The molecule has 0 aliphatic heterocycles. The van der Waals surface area contributed by atoms with Gasteiger partial charge in [-0.3, -0.25) is 5.41 Å². The zero-order chi connectivity index (χ0) is 8.85. The molecule has 0 heterocycles. The molecule has 0 spiro atoms. The highest BCUT2D eigenvalue weighted by molar-refractivity contribution is 7.99. The molecular formula is C8H18N2S. The minimum Gasteiger partial charge on any atom is -0.388 e. The summed E-state index contributed by atoms with van der Waals surface area (Å²) in [5.74, 6) is 1.97. The van der Waals surface area contributed by atoms with Crippen LogP contribution in [0.4, 0.5) is 0 Å². The number of rotatable bonds is 5. The van der Waals surface area contributed by atoms with Crippen LogP contribution in [0.25, 0.3) is 0 Å². The Kier molecular flexibility index (Phi) is 5.38. The van der Waals surface area contributed by atoms with Crippen LogP contribution in [0.15, 0.2) is 0 Å². The smallest absolute Gasteiger partial charge is 0.0908 e. The summed E-state index contributed by atoms with van der Waals surface area (Å²) >= 11 is 1.93. The lowest BCUT2D eigenvalue weighted by Gasteiger charge is -2.17. The fourth-order valence-electron chi connectivity index (χ4n) is 0.940. The van der Waals surface area contributed by atoms with Crippen molar-refractivity contribution in [2.24, 2.45) is 11.7 Å². The maximum atomic E-state index is 7.12. The Morgan fingerprint density at radius 2 is 2.09 bits per heavy atom. The molecule has 0 bridgehead atoms. The molecule has 0 radical (unpaired) electrons. The lowest BCUT2D eigenvalue weighted by molar-refractivity contribution is 0.599. The molecule has 3 heteroatoms. The molecule has 66 valence electrons. The molecule has 0 fully saturated rings. The number of nitrogens with one attached hydrogen (secondary N) is 1. The van der Waals surface area contributed by atoms with E-state index in [1.54, 1.807) is 0 Å². The average Bonchev–Trinajstić information content (AvgIpc) is 1.86. The third-order valence-electron chi connectivity index (χ3n) is 1.77. The van der Waals surface area contributed by atoms with Crippen molar-refractivity contribution in [3.63, 3.8) is 0 Å². The van der Waals surface area contributed by atoms with Gasteiger partial charge in [0.1, 0.15) is 0 Å². The van der Waals surface area contributed by atoms with Gasteiger partial charge in [-0.2, -0.15) is 11.8 Å². The van der Waals surface area contributed by atoms with Crippen LogP contribution in [0.1, 0.15) is 27.2 Å². The topological polar surface area (TPSA) is 49.9 Å². The predicted octanol–water partition coefficient (Wildman–Crippen LogP) is 2.09. The first-order chi connectivity index (χ1) is 5.07. The van der Waals surface area contributed by atoms with E-state index in [0.29, 0.717) is 17.0 Å². The fourth-order valence-corrected chi connectivity index (χ4v) is 1.89. The Labute approximate surface area is 73.4 Å². The second-order valence-electron chi connectivity index (χ2n) is 2.87. The van der Waals surface area contributed by atoms with Crippen molar-refractivity contribution in [3.05, 3.63) is 0 Å². The van der Waals surface area contributed by atoms with Gasteiger partial charge in [-0.25, -0.2) is 0 Å². The van der Waals surface area contributed by atoms with Crippen molar-refractivity contribution >= 4 is 17.6 Å². The molecule has 0 aliphatic rings. The van der Waals surface area contributed by atoms with Crippen LogP contribution in [0.3, 0.4) is 0 Å². The summed E-state index contributed by atoms with van der Waals surface area (Å²) in [4.78, 5) is 0. The van der Waals surface area contributed by atoms with Gasteiger partial charge in [0.25, 0.3) is 0 Å². The monoisotopic (exact) mass is 174 g/mol. The van der Waals surface area contributed by atoms with E-state index in [2.05, 4.69) is 20.8 Å². The molecule has 0 rings (SSSR count). The minimum absolute atomic E-state index is 0.307. The van der Waals surface area contributed by atoms with Crippen LogP contribution >= 0.6 is 11.8 Å². The lowest BCUT2D eigenvalue weighted by Crippen LogP contribution is -2.19. The first kappa shape index (κ1) is 10.8. The Bertz CT molecular complexity index is 125. The van der Waals surface area contributed by atoms with E-state index in [4.69, 9.17) is 11.1 Å². The van der Waals surface area contributed by atoms with Crippen molar-refractivity contribution in [1.82, 2.24) is 0 Å². The number of hydrogen-bond donors (Lipinski definition) is 2. The molecule has 0 saturated carbocycles. The van der Waals surface area contributed by atoms with E-state index >= 15 is 0 Å². The highest BCUT2D eigenvalue weighted by Crippen LogP contribution is 2.20. The van der Waals surface area contributed by atoms with Gasteiger partial charge >= 0.3 is 0 Å². The summed E-state index contributed by atoms with van der Waals surface area (Å²) in [5, 5.41) is 7.73. The van der Waals surface area contributed by atoms with Crippen LogP contribution < -0.4 is 5.73 Å². The van der Waals surface area contributed by atoms with Crippen molar-refractivity contribution < 1.29 is 0 Å². The van der Waals surface area contributed by atoms with E-state index in [-0.39, 0.29) is 0 Å². The molecule has 3 N–H and O–H groups in total. The van der Waals surface area contributed by atoms with Crippen molar-refractivity contribution in [3.8, 4) is 0 Å². The molecule has 2 nitrogen and oxygen atoms in total. The zero-order valence-electron chi connectivity index (χ0n) is 7.55. The molecule has 0 aromatic rings. The molecule has 11 heavy (non-hydrogen) atoms. The summed E-state index contributed by atoms with van der Waals surface area (Å²) in [7, 11) is 0. The lowest BCUT2D eigenvalue weighted by atomic mass is 10.0. The Hall–Kier alpha value is -0.180. The van der Waals surface area contributed by atoms with E-state index < -0.39 is 0 Å². The summed E-state index contributed by atoms with van der Waals surface area (Å²) < 4.78 is 0. The molecule has 2 unspecified atom stereocenters. The number of hydrogen-bond acceptors (Lipinski definition) is 2. The van der Waals surface area contributed by atoms with Crippen LogP contribution in [0, 0.1) is 11.3 Å². The van der Waals surface area contributed by atoms with Gasteiger partial charge < -0.3 is 5.73 Å². The Morgan fingerprint density at radius 3 is 2.45 bits per heavy atom. The van der Waals surface area contributed by atoms with Gasteiger partial charge in [0.2, 0.25) is 0 Å². The third kappa shape index (κ3) is 5.13. The van der Waals surface area contributed by atoms with E-state index in [1.165, 1.54) is 0 Å². The normalized spacial score (nSPS) is 15.9. The van der Waals surface area contributed by atoms with Crippen molar-refractivity contribution in [2.45, 2.75) is 32.4 Å². The third-order valence-corrected chi connectivity index (χ3v) is 3.10. The summed E-state index contributed by atoms with van der Waals surface area (Å²) in [6.07, 6.45) is 0.730. The van der Waals surface area contributed by atoms with Crippen LogP contribution in [-0.2, 0) is 0 Å². The molecule has 0 amide bonds. The first-order valence-corrected chi connectivity index (χ1v) is 5.07. The standard InChI is InChI=1S/C8H18N2S/c1-4-11-7(3)6(2)5-8(9)10/h6-7H,4-5H2,1-3H3,(H3,9,10). The van der Waals surface area contributed by atoms with E-state index in [0.717, 1.165) is 12.2 Å². The van der Waals surface area contributed by atoms with Crippen LogP contribution in [0.5, 0.6) is 0 Å². The van der Waals surface area contributed by atoms with E-state index in [1.807, 2.05) is 11.8 Å². The average molecular weight is 174 g/mol. The van der Waals surface area contributed by atoms with Crippen molar-refractivity contribution in [1.29, 1.82) is 5.41 Å². The quantitative estimate of drug-likeness (QED) is 0.495. The number of amidine groups is 1. The van der Waals surface area contributed by atoms with Gasteiger partial charge in [-0.15, -0.1) is 0 Å². The van der Waals surface area contributed by atoms with Crippen LogP contribution in [0.2, 0.25) is 0 Å². The largest absolute Gasteiger partial charge is 0.388 e. The van der Waals surface area contributed by atoms with Gasteiger partial charge in [-0.1, -0.05) is 20.8 Å². The number of thioether (sulfide) groups is 1. The Morgan fingerprint density at radius 1 is 1.55 bits per heavy atom. The molecule has 0 aromatic carbocycles. The number of nitrogens with two attached hydrogens (primary N) is 1. The Balaban J connectivity index is 3.63. The molecular weight excluding hydrogens is 156 g/mol. The first-order valence-electron chi connectivity index (χ1n) is 4.02. The van der Waals surface area contributed by atoms with Gasteiger partial charge in [0.05, 0.1) is 5.84 Å². The van der Waals surface area contributed by atoms with Crippen molar-refractivity contribution in [2.75, 3.05) is 5.75 Å². The zero-order valence-corrected chi connectivity index (χ0v) is 8.37. The summed E-state index contributed by atoms with van der Waals surface area (Å²) in [5.41, 5.74) is 5.30. The van der Waals surface area contributed by atoms with Gasteiger partial charge in [-0.05, 0) is 11.7 Å². The minimum atomic E-state index is 0.307. The molecule has 0 saturated heterocycles. The summed E-state index contributed by atoms with van der Waals surface area (Å²) in [6.45, 7) is 6.50. The summed E-state index contributed by atoms with van der Waals surface area (Å²) in [6, 6.07) is 0. The maximum absolute atomic E-state index is 7.12. The van der Waals surface area contributed by atoms with Crippen LogP contribution in [-0.4, -0.2) is 16.8 Å². The van der Waals surface area contributed by atoms with Gasteiger partial charge in [0.15, 0.2) is 0 Å². The second-order valence-corrected chi connectivity index (χ2v) is 4.52. The molecule has 0 aliphatic carbocycles. The van der Waals surface area contributed by atoms with Gasteiger partial charge in [0, 0.05) is 11.7 Å². The SMILES string of the molecule is CCSC(C)C(C)CC(=N)N. The highest BCUT2D eigenvalue weighted by atomic mass is 32.2. The maximum Gasteiger partial charge on any atom is 0.0908 e. The fraction of sp³-hybridized carbons (Fsp3) is 0.875. The predicted molar refractivity (Wildman–Crippen MR) is 53.3 cm³/mol. The highest BCUT2D eigenvalue weighted by Gasteiger charge is 2.12. The molecule has 2 atom stereocenters. The van der Waals surface area contributed by atoms with E-state index in [9.17, 15) is 0 Å². The molecule has 0 aromatic heterocycles.